The highest BCUT2D eigenvalue weighted by molar-refractivity contribution is 7.86. The Morgan fingerprint density at radius 2 is 1.97 bits per heavy atom. The highest BCUT2D eigenvalue weighted by Gasteiger charge is 2.34. The third-order valence-corrected chi connectivity index (χ3v) is 5.70. The average Bonchev–Trinajstić information content (AvgIpc) is 3.24. The Kier molecular flexibility index (Phi) is 5.54. The van der Waals surface area contributed by atoms with Gasteiger partial charge in [0.1, 0.15) is 18.3 Å². The summed E-state index contributed by atoms with van der Waals surface area (Å²) in [6.45, 7) is 0. The number of fused-ring (bicyclic) bond motifs is 1. The number of halogens is 4. The standard InChI is InChI=1S/C19H12ClF3N4O3S/c1-29-16-8-13(19(21,22)23)14(20)7-12(16)18-11-3-2-10(6-15(11)24-9-25-18)31(28)27-17-4-5-30-26-17/h2-9H,1H3,(H,26,27). The molecule has 2 aromatic heterocycles. The van der Waals surface area contributed by atoms with Crippen LogP contribution in [-0.2, 0) is 17.2 Å². The smallest absolute Gasteiger partial charge is 0.417 e. The summed E-state index contributed by atoms with van der Waals surface area (Å²) in [5, 5.41) is 3.67. The summed E-state index contributed by atoms with van der Waals surface area (Å²) < 4.78 is 64.6. The van der Waals surface area contributed by atoms with Crippen LogP contribution >= 0.6 is 11.6 Å². The molecule has 0 aliphatic heterocycles. The second-order valence-electron chi connectivity index (χ2n) is 6.19. The molecule has 0 saturated carbocycles. The van der Waals surface area contributed by atoms with E-state index in [1.165, 1.54) is 25.8 Å². The van der Waals surface area contributed by atoms with E-state index in [2.05, 4.69) is 24.4 Å². The lowest BCUT2D eigenvalue weighted by atomic mass is 10.0. The number of nitrogens with zero attached hydrogens (tertiary/aromatic N) is 3. The molecular formula is C19H12ClF3N4O3S. The summed E-state index contributed by atoms with van der Waals surface area (Å²) in [5.41, 5.74) is 0.00220. The first kappa shape index (κ1) is 21.1. The summed E-state index contributed by atoms with van der Waals surface area (Å²) in [4.78, 5) is 8.79. The van der Waals surface area contributed by atoms with Crippen molar-refractivity contribution in [2.24, 2.45) is 0 Å². The number of rotatable bonds is 5. The van der Waals surface area contributed by atoms with E-state index < -0.39 is 27.7 Å². The van der Waals surface area contributed by atoms with Crippen LogP contribution in [-0.4, -0.2) is 26.4 Å². The minimum Gasteiger partial charge on any atom is -0.496 e. The highest BCUT2D eigenvalue weighted by Crippen LogP contribution is 2.42. The Morgan fingerprint density at radius 1 is 1.16 bits per heavy atom. The van der Waals surface area contributed by atoms with E-state index in [9.17, 15) is 17.4 Å². The first-order chi connectivity index (χ1) is 14.8. The number of benzene rings is 2. The molecule has 0 radical (unpaired) electrons. The van der Waals surface area contributed by atoms with Crippen LogP contribution in [0.3, 0.4) is 0 Å². The topological polar surface area (TPSA) is 90.1 Å². The van der Waals surface area contributed by atoms with Gasteiger partial charge in [0.25, 0.3) is 0 Å². The van der Waals surface area contributed by atoms with E-state index in [0.717, 1.165) is 12.1 Å². The Balaban J connectivity index is 1.79. The maximum atomic E-state index is 13.2. The summed E-state index contributed by atoms with van der Waals surface area (Å²) in [5.74, 6) is 0.253. The monoisotopic (exact) mass is 468 g/mol. The van der Waals surface area contributed by atoms with E-state index in [1.54, 1.807) is 18.2 Å². The van der Waals surface area contributed by atoms with Crippen LogP contribution in [0.5, 0.6) is 5.75 Å². The second-order valence-corrected chi connectivity index (χ2v) is 7.81. The Labute approximate surface area is 180 Å². The minimum atomic E-state index is -4.63. The van der Waals surface area contributed by atoms with Crippen LogP contribution in [0.15, 0.2) is 58.4 Å². The first-order valence-corrected chi connectivity index (χ1v) is 10.1. The molecule has 0 bridgehead atoms. The number of ether oxygens (including phenoxy) is 1. The molecule has 0 amide bonds. The third-order valence-electron chi connectivity index (χ3n) is 4.31. The Hall–Kier alpha value is -3.18. The Morgan fingerprint density at radius 3 is 2.65 bits per heavy atom. The number of methoxy groups -OCH3 is 1. The molecule has 4 rings (SSSR count). The molecule has 31 heavy (non-hydrogen) atoms. The molecule has 2 heterocycles. The zero-order valence-electron chi connectivity index (χ0n) is 15.6. The predicted molar refractivity (Wildman–Crippen MR) is 108 cm³/mol. The highest BCUT2D eigenvalue weighted by atomic mass is 35.5. The number of nitrogens with one attached hydrogen (secondary N) is 1. The van der Waals surface area contributed by atoms with Crippen molar-refractivity contribution in [1.82, 2.24) is 15.1 Å². The molecule has 0 fully saturated rings. The lowest BCUT2D eigenvalue weighted by Crippen LogP contribution is -2.07. The van der Waals surface area contributed by atoms with Gasteiger partial charge in [0.2, 0.25) is 0 Å². The van der Waals surface area contributed by atoms with E-state index in [-0.39, 0.29) is 11.3 Å². The summed E-state index contributed by atoms with van der Waals surface area (Å²) in [6.07, 6.45) is -2.05. The first-order valence-electron chi connectivity index (χ1n) is 8.56. The van der Waals surface area contributed by atoms with Gasteiger partial charge in [0.05, 0.1) is 33.8 Å². The molecular weight excluding hydrogens is 457 g/mol. The lowest BCUT2D eigenvalue weighted by Gasteiger charge is -2.15. The van der Waals surface area contributed by atoms with Gasteiger partial charge in [-0.15, -0.1) is 0 Å². The van der Waals surface area contributed by atoms with Crippen molar-refractivity contribution in [1.29, 1.82) is 0 Å². The molecule has 0 spiro atoms. The molecule has 1 atom stereocenters. The van der Waals surface area contributed by atoms with Crippen molar-refractivity contribution in [3.63, 3.8) is 0 Å². The van der Waals surface area contributed by atoms with E-state index in [0.29, 0.717) is 27.3 Å². The fourth-order valence-electron chi connectivity index (χ4n) is 2.91. The van der Waals surface area contributed by atoms with Gasteiger partial charge < -0.3 is 9.26 Å². The fraction of sp³-hybridized carbons (Fsp3) is 0.105. The van der Waals surface area contributed by atoms with E-state index >= 15 is 0 Å². The van der Waals surface area contributed by atoms with Crippen LogP contribution in [0.25, 0.3) is 22.2 Å². The fourth-order valence-corrected chi connectivity index (χ4v) is 4.00. The van der Waals surface area contributed by atoms with Gasteiger partial charge >= 0.3 is 6.18 Å². The largest absolute Gasteiger partial charge is 0.496 e. The average molecular weight is 469 g/mol. The number of hydrogen-bond donors (Lipinski definition) is 1. The van der Waals surface area contributed by atoms with Crippen LogP contribution in [0.4, 0.5) is 19.0 Å². The van der Waals surface area contributed by atoms with Crippen molar-refractivity contribution in [3.8, 4) is 17.0 Å². The van der Waals surface area contributed by atoms with Gasteiger partial charge in [-0.1, -0.05) is 16.8 Å². The van der Waals surface area contributed by atoms with Gasteiger partial charge in [0, 0.05) is 17.0 Å². The van der Waals surface area contributed by atoms with E-state index in [1.807, 2.05) is 0 Å². The molecule has 0 saturated heterocycles. The van der Waals surface area contributed by atoms with Crippen LogP contribution in [0.2, 0.25) is 5.02 Å². The molecule has 12 heteroatoms. The lowest BCUT2D eigenvalue weighted by molar-refractivity contribution is -0.137. The molecule has 7 nitrogen and oxygen atoms in total. The van der Waals surface area contributed by atoms with Crippen molar-refractivity contribution in [2.45, 2.75) is 11.1 Å². The number of aromatic nitrogens is 3. The van der Waals surface area contributed by atoms with E-state index in [4.69, 9.17) is 16.3 Å². The predicted octanol–water partition coefficient (Wildman–Crippen LogP) is 5.10. The van der Waals surface area contributed by atoms with Crippen molar-refractivity contribution in [3.05, 3.63) is 59.6 Å². The summed E-state index contributed by atoms with van der Waals surface area (Å²) in [7, 11) is -0.389. The van der Waals surface area contributed by atoms with Crippen molar-refractivity contribution >= 4 is 39.3 Å². The SMILES string of the molecule is COc1cc(C(F)(F)F)c(Cl)cc1-c1ncnc2cc(S(=O)Nc3ccon3)ccc12. The summed E-state index contributed by atoms with van der Waals surface area (Å²) >= 11 is 5.90. The molecule has 2 aromatic carbocycles. The van der Waals surface area contributed by atoms with Gasteiger partial charge in [-0.25, -0.2) is 14.2 Å². The number of alkyl halides is 3. The third kappa shape index (κ3) is 4.19. The van der Waals surface area contributed by atoms with Gasteiger partial charge in [0.15, 0.2) is 16.8 Å². The normalized spacial score (nSPS) is 12.7. The summed E-state index contributed by atoms with van der Waals surface area (Å²) in [6, 6.07) is 8.27. The quantitative estimate of drug-likeness (QED) is 0.438. The van der Waals surface area contributed by atoms with Gasteiger partial charge in [-0.05, 0) is 30.3 Å². The molecule has 0 aliphatic rings. The zero-order valence-corrected chi connectivity index (χ0v) is 17.2. The molecule has 0 aliphatic carbocycles. The molecule has 4 aromatic rings. The number of anilines is 1. The molecule has 1 unspecified atom stereocenters. The second kappa shape index (κ2) is 8.16. The Bertz CT molecular complexity index is 1280. The van der Waals surface area contributed by atoms with Crippen LogP contribution in [0, 0.1) is 0 Å². The van der Waals surface area contributed by atoms with Crippen molar-refractivity contribution in [2.75, 3.05) is 11.8 Å². The maximum absolute atomic E-state index is 13.2. The number of hydrogen-bond acceptors (Lipinski definition) is 6. The maximum Gasteiger partial charge on any atom is 0.417 e. The minimum absolute atomic E-state index is 0.0444. The van der Waals surface area contributed by atoms with Gasteiger partial charge in [-0.3, -0.25) is 4.72 Å². The van der Waals surface area contributed by atoms with Gasteiger partial charge in [-0.2, -0.15) is 13.2 Å². The zero-order chi connectivity index (χ0) is 22.2. The molecule has 1 N–H and O–H groups in total. The van der Waals surface area contributed by atoms with Crippen LogP contribution < -0.4 is 9.46 Å². The van der Waals surface area contributed by atoms with Crippen LogP contribution in [0.1, 0.15) is 5.56 Å². The van der Waals surface area contributed by atoms with Crippen molar-refractivity contribution < 1.29 is 26.6 Å². The molecule has 160 valence electrons.